The van der Waals surface area contributed by atoms with Crippen molar-refractivity contribution in [1.29, 1.82) is 0 Å². The highest BCUT2D eigenvalue weighted by Gasteiger charge is 2.36. The van der Waals surface area contributed by atoms with E-state index in [4.69, 9.17) is 10.8 Å². The SMILES string of the molecule is CCN(C(=O)NCCCCC(N)=O)C(C)(C)C(=O)O. The Labute approximate surface area is 113 Å². The lowest BCUT2D eigenvalue weighted by Crippen LogP contribution is -2.56. The van der Waals surface area contributed by atoms with Crippen LogP contribution in [0.1, 0.15) is 40.0 Å². The van der Waals surface area contributed by atoms with Crippen molar-refractivity contribution in [2.45, 2.75) is 45.6 Å². The van der Waals surface area contributed by atoms with E-state index in [9.17, 15) is 14.4 Å². The summed E-state index contributed by atoms with van der Waals surface area (Å²) >= 11 is 0. The van der Waals surface area contributed by atoms with Crippen molar-refractivity contribution in [3.05, 3.63) is 0 Å². The third-order valence-electron chi connectivity index (χ3n) is 2.89. The average Bonchev–Trinajstić information content (AvgIpc) is 2.28. The van der Waals surface area contributed by atoms with Gasteiger partial charge in [0, 0.05) is 19.5 Å². The number of nitrogens with two attached hydrogens (primary N) is 1. The Morgan fingerprint density at radius 1 is 1.26 bits per heavy atom. The van der Waals surface area contributed by atoms with Gasteiger partial charge in [-0.3, -0.25) is 4.79 Å². The van der Waals surface area contributed by atoms with Gasteiger partial charge in [-0.25, -0.2) is 9.59 Å². The van der Waals surface area contributed by atoms with E-state index in [0.29, 0.717) is 25.9 Å². The second kappa shape index (κ2) is 7.60. The molecule has 7 nitrogen and oxygen atoms in total. The summed E-state index contributed by atoms with van der Waals surface area (Å²) < 4.78 is 0. The lowest BCUT2D eigenvalue weighted by Gasteiger charge is -2.34. The maximum Gasteiger partial charge on any atom is 0.329 e. The summed E-state index contributed by atoms with van der Waals surface area (Å²) in [7, 11) is 0. The minimum Gasteiger partial charge on any atom is -0.480 e. The van der Waals surface area contributed by atoms with Gasteiger partial charge in [0.1, 0.15) is 5.54 Å². The predicted molar refractivity (Wildman–Crippen MR) is 70.5 cm³/mol. The molecule has 0 aliphatic carbocycles. The van der Waals surface area contributed by atoms with Crippen LogP contribution < -0.4 is 11.1 Å². The molecule has 0 aromatic carbocycles. The zero-order chi connectivity index (χ0) is 15.1. The normalized spacial score (nSPS) is 10.9. The van der Waals surface area contributed by atoms with Crippen molar-refractivity contribution in [2.75, 3.05) is 13.1 Å². The zero-order valence-corrected chi connectivity index (χ0v) is 11.7. The Kier molecular flexibility index (Phi) is 6.89. The van der Waals surface area contributed by atoms with E-state index in [1.807, 2.05) is 0 Å². The molecule has 0 aliphatic heterocycles. The first-order chi connectivity index (χ1) is 8.73. The highest BCUT2D eigenvalue weighted by Crippen LogP contribution is 2.14. The summed E-state index contributed by atoms with van der Waals surface area (Å²) in [6, 6.07) is -0.422. The number of unbranched alkanes of at least 4 members (excludes halogenated alkanes) is 1. The molecule has 4 N–H and O–H groups in total. The Morgan fingerprint density at radius 3 is 2.26 bits per heavy atom. The van der Waals surface area contributed by atoms with Crippen LogP contribution in [0.15, 0.2) is 0 Å². The third-order valence-corrected chi connectivity index (χ3v) is 2.89. The van der Waals surface area contributed by atoms with Crippen LogP contribution in [0.5, 0.6) is 0 Å². The monoisotopic (exact) mass is 273 g/mol. The quantitative estimate of drug-likeness (QED) is 0.560. The first-order valence-electron chi connectivity index (χ1n) is 6.30. The molecule has 0 spiro atoms. The van der Waals surface area contributed by atoms with Gasteiger partial charge in [-0.1, -0.05) is 0 Å². The number of urea groups is 1. The van der Waals surface area contributed by atoms with Crippen LogP contribution in [-0.2, 0) is 9.59 Å². The van der Waals surface area contributed by atoms with Crippen LogP contribution in [0.3, 0.4) is 0 Å². The number of primary amides is 1. The van der Waals surface area contributed by atoms with Crippen molar-refractivity contribution in [2.24, 2.45) is 5.73 Å². The van der Waals surface area contributed by atoms with Crippen molar-refractivity contribution < 1.29 is 19.5 Å². The van der Waals surface area contributed by atoms with Crippen molar-refractivity contribution >= 4 is 17.9 Å². The molecule has 3 amide bonds. The second-order valence-electron chi connectivity index (χ2n) is 4.76. The third kappa shape index (κ3) is 5.58. The Bertz CT molecular complexity index is 342. The molecule has 0 heterocycles. The Morgan fingerprint density at radius 2 is 1.84 bits per heavy atom. The number of carboxylic acid groups (broad SMARTS) is 1. The van der Waals surface area contributed by atoms with E-state index in [1.54, 1.807) is 6.92 Å². The highest BCUT2D eigenvalue weighted by atomic mass is 16.4. The summed E-state index contributed by atoms with van der Waals surface area (Å²) in [5.74, 6) is -1.42. The first kappa shape index (κ1) is 17.2. The van der Waals surface area contributed by atoms with Crippen LogP contribution >= 0.6 is 0 Å². The van der Waals surface area contributed by atoms with Gasteiger partial charge in [-0.15, -0.1) is 0 Å². The number of likely N-dealkylation sites (N-methyl/N-ethyl adjacent to an activating group) is 1. The number of carbonyl (C=O) groups excluding carboxylic acids is 2. The van der Waals surface area contributed by atoms with Crippen LogP contribution in [0.4, 0.5) is 4.79 Å². The highest BCUT2D eigenvalue weighted by molar-refractivity contribution is 5.85. The standard InChI is InChI=1S/C12H23N3O4/c1-4-15(12(2,3)10(17)18)11(19)14-8-6-5-7-9(13)16/h4-8H2,1-3H3,(H2,13,16)(H,14,19)(H,17,18). The van der Waals surface area contributed by atoms with Gasteiger partial charge in [-0.05, 0) is 33.6 Å². The number of aliphatic carboxylic acids is 1. The molecule has 0 aromatic rings. The lowest BCUT2D eigenvalue weighted by molar-refractivity contribution is -0.147. The molecule has 0 bridgehead atoms. The molecule has 7 heteroatoms. The van der Waals surface area contributed by atoms with E-state index < -0.39 is 17.5 Å². The number of nitrogens with zero attached hydrogens (tertiary/aromatic N) is 1. The summed E-state index contributed by atoms with van der Waals surface area (Å²) in [5.41, 5.74) is 3.74. The fraction of sp³-hybridized carbons (Fsp3) is 0.750. The number of nitrogens with one attached hydrogen (secondary N) is 1. The molecule has 0 aliphatic rings. The molecular formula is C12H23N3O4. The fourth-order valence-electron chi connectivity index (χ4n) is 1.62. The molecule has 0 fully saturated rings. The number of amides is 3. The Balaban J connectivity index is 4.24. The molecule has 0 rings (SSSR count). The number of hydrogen-bond acceptors (Lipinski definition) is 3. The van der Waals surface area contributed by atoms with Crippen molar-refractivity contribution in [3.63, 3.8) is 0 Å². The molecule has 0 saturated heterocycles. The zero-order valence-electron chi connectivity index (χ0n) is 11.7. The van der Waals surface area contributed by atoms with E-state index in [1.165, 1.54) is 18.7 Å². The maximum absolute atomic E-state index is 11.9. The molecule has 0 saturated carbocycles. The first-order valence-corrected chi connectivity index (χ1v) is 6.30. The molecular weight excluding hydrogens is 250 g/mol. The van der Waals surface area contributed by atoms with E-state index in [2.05, 4.69) is 5.32 Å². The largest absolute Gasteiger partial charge is 0.480 e. The number of carboxylic acids is 1. The molecule has 110 valence electrons. The van der Waals surface area contributed by atoms with E-state index in [-0.39, 0.29) is 12.3 Å². The lowest BCUT2D eigenvalue weighted by atomic mass is 10.0. The minimum absolute atomic E-state index is 0.286. The van der Waals surface area contributed by atoms with Gasteiger partial charge in [-0.2, -0.15) is 0 Å². The predicted octanol–water partition coefficient (Wildman–Crippen LogP) is 0.537. The topological polar surface area (TPSA) is 113 Å². The molecule has 0 unspecified atom stereocenters. The molecule has 0 aromatic heterocycles. The molecule has 19 heavy (non-hydrogen) atoms. The van der Waals surface area contributed by atoms with Crippen molar-refractivity contribution in [1.82, 2.24) is 10.2 Å². The van der Waals surface area contributed by atoms with Gasteiger partial charge >= 0.3 is 12.0 Å². The van der Waals surface area contributed by atoms with Gasteiger partial charge in [0.2, 0.25) is 5.91 Å². The van der Waals surface area contributed by atoms with Gasteiger partial charge < -0.3 is 21.1 Å². The molecule has 0 atom stereocenters. The smallest absolute Gasteiger partial charge is 0.329 e. The molecule has 0 radical (unpaired) electrons. The number of hydrogen-bond donors (Lipinski definition) is 3. The van der Waals surface area contributed by atoms with Crippen LogP contribution in [-0.4, -0.2) is 46.5 Å². The van der Waals surface area contributed by atoms with Crippen LogP contribution in [0, 0.1) is 0 Å². The Hall–Kier alpha value is -1.79. The van der Waals surface area contributed by atoms with Crippen molar-refractivity contribution in [3.8, 4) is 0 Å². The summed E-state index contributed by atoms with van der Waals surface area (Å²) in [6.07, 6.45) is 1.51. The second-order valence-corrected chi connectivity index (χ2v) is 4.76. The van der Waals surface area contributed by atoms with Gasteiger partial charge in [0.15, 0.2) is 0 Å². The minimum atomic E-state index is -1.26. The summed E-state index contributed by atoms with van der Waals surface area (Å²) in [4.78, 5) is 34.8. The van der Waals surface area contributed by atoms with E-state index in [0.717, 1.165) is 0 Å². The van der Waals surface area contributed by atoms with Crippen LogP contribution in [0.25, 0.3) is 0 Å². The number of rotatable bonds is 8. The average molecular weight is 273 g/mol. The van der Waals surface area contributed by atoms with Crippen LogP contribution in [0.2, 0.25) is 0 Å². The van der Waals surface area contributed by atoms with Gasteiger partial charge in [0.05, 0.1) is 0 Å². The summed E-state index contributed by atoms with van der Waals surface area (Å²) in [5, 5.41) is 11.7. The fourth-order valence-corrected chi connectivity index (χ4v) is 1.62. The number of carbonyl (C=O) groups is 3. The van der Waals surface area contributed by atoms with Gasteiger partial charge in [0.25, 0.3) is 0 Å². The summed E-state index contributed by atoms with van der Waals surface area (Å²) in [6.45, 7) is 5.36. The van der Waals surface area contributed by atoms with E-state index >= 15 is 0 Å². The maximum atomic E-state index is 11.9.